The van der Waals surface area contributed by atoms with E-state index in [-0.39, 0.29) is 12.7 Å². The van der Waals surface area contributed by atoms with Crippen LogP contribution in [0.1, 0.15) is 11.4 Å². The van der Waals surface area contributed by atoms with Gasteiger partial charge in [0.05, 0.1) is 19.6 Å². The number of ether oxygens (including phenoxy) is 3. The number of fused-ring (bicyclic) bond motifs is 1. The molecule has 4 rings (SSSR count). The number of benzene rings is 1. The van der Waals surface area contributed by atoms with Crippen LogP contribution in [0.5, 0.6) is 11.5 Å². The summed E-state index contributed by atoms with van der Waals surface area (Å²) in [6, 6.07) is 7.49. The fourth-order valence-corrected chi connectivity index (χ4v) is 3.29. The molecule has 154 valence electrons. The second-order valence-electron chi connectivity index (χ2n) is 6.90. The highest BCUT2D eigenvalue weighted by molar-refractivity contribution is 5.78. The van der Waals surface area contributed by atoms with Crippen LogP contribution in [0.15, 0.2) is 24.3 Å². The van der Waals surface area contributed by atoms with Crippen LogP contribution in [0.2, 0.25) is 0 Å². The van der Waals surface area contributed by atoms with Gasteiger partial charge in [-0.25, -0.2) is 9.97 Å². The van der Waals surface area contributed by atoms with Gasteiger partial charge in [-0.2, -0.15) is 0 Å². The number of aromatic nitrogens is 2. The number of amides is 1. The minimum atomic E-state index is -0.0430. The quantitative estimate of drug-likeness (QED) is 0.669. The molecule has 9 nitrogen and oxygen atoms in total. The van der Waals surface area contributed by atoms with E-state index in [1.807, 2.05) is 31.2 Å². The molecule has 2 aromatic rings. The number of morpholine rings is 1. The van der Waals surface area contributed by atoms with Crippen molar-refractivity contribution in [2.24, 2.45) is 0 Å². The van der Waals surface area contributed by atoms with Gasteiger partial charge in [0.1, 0.15) is 17.5 Å². The van der Waals surface area contributed by atoms with Crippen LogP contribution in [-0.4, -0.2) is 62.1 Å². The first kappa shape index (κ1) is 19.3. The predicted octanol–water partition coefficient (Wildman–Crippen LogP) is 1.12. The zero-order valence-corrected chi connectivity index (χ0v) is 16.4. The van der Waals surface area contributed by atoms with E-state index in [9.17, 15) is 4.79 Å². The highest BCUT2D eigenvalue weighted by Gasteiger charge is 2.15. The molecule has 2 aliphatic rings. The molecule has 29 heavy (non-hydrogen) atoms. The Morgan fingerprint density at radius 2 is 1.93 bits per heavy atom. The van der Waals surface area contributed by atoms with Crippen LogP contribution in [0.3, 0.4) is 0 Å². The van der Waals surface area contributed by atoms with Gasteiger partial charge in [-0.1, -0.05) is 6.07 Å². The molecule has 0 unspecified atom stereocenters. The van der Waals surface area contributed by atoms with E-state index in [4.69, 9.17) is 14.2 Å². The van der Waals surface area contributed by atoms with Crippen LogP contribution in [0.25, 0.3) is 0 Å². The third kappa shape index (κ3) is 5.05. The predicted molar refractivity (Wildman–Crippen MR) is 108 cm³/mol. The Hall–Kier alpha value is -3.07. The van der Waals surface area contributed by atoms with Gasteiger partial charge in [-0.15, -0.1) is 0 Å². The fourth-order valence-electron chi connectivity index (χ4n) is 3.29. The lowest BCUT2D eigenvalue weighted by molar-refractivity contribution is -0.120. The van der Waals surface area contributed by atoms with E-state index in [1.165, 1.54) is 0 Å². The van der Waals surface area contributed by atoms with E-state index in [2.05, 4.69) is 25.5 Å². The summed E-state index contributed by atoms with van der Waals surface area (Å²) in [5.74, 6) is 3.73. The maximum Gasteiger partial charge on any atom is 0.231 e. The number of nitrogens with one attached hydrogen (secondary N) is 2. The average Bonchev–Trinajstić information content (AvgIpc) is 3.19. The zero-order chi connectivity index (χ0) is 20.1. The van der Waals surface area contributed by atoms with Gasteiger partial charge in [0.15, 0.2) is 11.5 Å². The maximum atomic E-state index is 12.2. The van der Waals surface area contributed by atoms with Crippen molar-refractivity contribution in [1.29, 1.82) is 0 Å². The smallest absolute Gasteiger partial charge is 0.231 e. The minimum Gasteiger partial charge on any atom is -0.454 e. The number of anilines is 2. The normalized spacial score (nSPS) is 15.3. The second-order valence-corrected chi connectivity index (χ2v) is 6.90. The Labute approximate surface area is 169 Å². The molecule has 1 amide bonds. The first-order chi connectivity index (χ1) is 14.2. The van der Waals surface area contributed by atoms with Gasteiger partial charge >= 0.3 is 0 Å². The standard InChI is InChI=1S/C20H25N5O4/c1-14-23-18(12-19(24-14)25-6-8-27-9-7-25)21-4-5-22-20(26)11-15-2-3-16-17(10-15)29-13-28-16/h2-3,10,12H,4-9,11,13H2,1H3,(H,22,26)(H,21,23,24). The third-order valence-corrected chi connectivity index (χ3v) is 4.71. The van der Waals surface area contributed by atoms with Crippen molar-refractivity contribution in [2.45, 2.75) is 13.3 Å². The van der Waals surface area contributed by atoms with Gasteiger partial charge in [0.2, 0.25) is 12.7 Å². The lowest BCUT2D eigenvalue weighted by Gasteiger charge is -2.28. The molecule has 0 aliphatic carbocycles. The molecule has 0 saturated carbocycles. The van der Waals surface area contributed by atoms with Crippen LogP contribution >= 0.6 is 0 Å². The van der Waals surface area contributed by atoms with Crippen molar-refractivity contribution < 1.29 is 19.0 Å². The summed E-state index contributed by atoms with van der Waals surface area (Å²) in [6.45, 7) is 6.25. The van der Waals surface area contributed by atoms with Crippen molar-refractivity contribution in [3.63, 3.8) is 0 Å². The van der Waals surface area contributed by atoms with Crippen molar-refractivity contribution in [2.75, 3.05) is 56.4 Å². The largest absolute Gasteiger partial charge is 0.454 e. The monoisotopic (exact) mass is 399 g/mol. The van der Waals surface area contributed by atoms with E-state index < -0.39 is 0 Å². The Morgan fingerprint density at radius 3 is 2.79 bits per heavy atom. The molecule has 1 aromatic heterocycles. The molecule has 1 aromatic carbocycles. The molecular weight excluding hydrogens is 374 g/mol. The third-order valence-electron chi connectivity index (χ3n) is 4.71. The highest BCUT2D eigenvalue weighted by atomic mass is 16.7. The number of carbonyl (C=O) groups is 1. The summed E-state index contributed by atoms with van der Waals surface area (Å²) in [5, 5.41) is 6.18. The van der Waals surface area contributed by atoms with Crippen molar-refractivity contribution >= 4 is 17.5 Å². The molecule has 0 atom stereocenters. The molecule has 0 spiro atoms. The average molecular weight is 399 g/mol. The molecule has 9 heteroatoms. The van der Waals surface area contributed by atoms with Crippen molar-refractivity contribution in [3.8, 4) is 11.5 Å². The summed E-state index contributed by atoms with van der Waals surface area (Å²) >= 11 is 0. The van der Waals surface area contributed by atoms with Gasteiger partial charge in [-0.05, 0) is 24.6 Å². The minimum absolute atomic E-state index is 0.0430. The molecular formula is C20H25N5O4. The molecule has 1 saturated heterocycles. The van der Waals surface area contributed by atoms with Gasteiger partial charge in [-0.3, -0.25) is 4.79 Å². The van der Waals surface area contributed by atoms with Gasteiger partial charge < -0.3 is 29.7 Å². The lowest BCUT2D eigenvalue weighted by Crippen LogP contribution is -2.37. The van der Waals surface area contributed by atoms with E-state index >= 15 is 0 Å². The van der Waals surface area contributed by atoms with Crippen LogP contribution in [0, 0.1) is 6.92 Å². The Bertz CT molecular complexity index is 870. The number of hydrogen-bond donors (Lipinski definition) is 2. The summed E-state index contributed by atoms with van der Waals surface area (Å²) in [4.78, 5) is 23.3. The van der Waals surface area contributed by atoms with Crippen LogP contribution in [0.4, 0.5) is 11.6 Å². The first-order valence-corrected chi connectivity index (χ1v) is 9.75. The fraction of sp³-hybridized carbons (Fsp3) is 0.450. The number of rotatable bonds is 7. The SMILES string of the molecule is Cc1nc(NCCNC(=O)Cc2ccc3c(c2)OCO3)cc(N2CCOCC2)n1. The molecule has 2 N–H and O–H groups in total. The number of aryl methyl sites for hydroxylation is 1. The molecule has 3 heterocycles. The first-order valence-electron chi connectivity index (χ1n) is 9.75. The summed E-state index contributed by atoms with van der Waals surface area (Å²) in [7, 11) is 0. The lowest BCUT2D eigenvalue weighted by atomic mass is 10.1. The summed E-state index contributed by atoms with van der Waals surface area (Å²) in [5.41, 5.74) is 0.890. The van der Waals surface area contributed by atoms with Crippen LogP contribution < -0.4 is 25.0 Å². The second kappa shape index (κ2) is 8.95. The Morgan fingerprint density at radius 1 is 1.10 bits per heavy atom. The molecule has 0 radical (unpaired) electrons. The Balaban J connectivity index is 1.24. The van der Waals surface area contributed by atoms with Gasteiger partial charge in [0, 0.05) is 32.2 Å². The van der Waals surface area contributed by atoms with E-state index in [0.717, 1.165) is 36.0 Å². The summed E-state index contributed by atoms with van der Waals surface area (Å²) in [6.07, 6.45) is 0.296. The van der Waals surface area contributed by atoms with Crippen molar-refractivity contribution in [1.82, 2.24) is 15.3 Å². The highest BCUT2D eigenvalue weighted by Crippen LogP contribution is 2.32. The molecule has 2 aliphatic heterocycles. The van der Waals surface area contributed by atoms with Crippen LogP contribution in [-0.2, 0) is 16.0 Å². The summed E-state index contributed by atoms with van der Waals surface area (Å²) < 4.78 is 16.0. The van der Waals surface area contributed by atoms with E-state index in [0.29, 0.717) is 44.3 Å². The number of hydrogen-bond acceptors (Lipinski definition) is 8. The Kier molecular flexibility index (Phi) is 5.95. The zero-order valence-electron chi connectivity index (χ0n) is 16.4. The molecule has 1 fully saturated rings. The number of nitrogens with zero attached hydrogens (tertiary/aromatic N) is 3. The topological polar surface area (TPSA) is 97.8 Å². The van der Waals surface area contributed by atoms with Crippen molar-refractivity contribution in [3.05, 3.63) is 35.7 Å². The van der Waals surface area contributed by atoms with E-state index in [1.54, 1.807) is 0 Å². The van der Waals surface area contributed by atoms with Gasteiger partial charge in [0.25, 0.3) is 0 Å². The maximum absolute atomic E-state index is 12.2. The molecule has 0 bridgehead atoms. The number of carbonyl (C=O) groups excluding carboxylic acids is 1.